The summed E-state index contributed by atoms with van der Waals surface area (Å²) < 4.78 is 14.1. The largest absolute Gasteiger partial charge is 0.479 e. The molecular weight excluding hydrogens is 320 g/mol. The Balaban J connectivity index is 2.22. The van der Waals surface area contributed by atoms with Gasteiger partial charge in [-0.05, 0) is 22.0 Å². The third-order valence-electron chi connectivity index (χ3n) is 6.92. The maximum Gasteiger partial charge on any atom is 0.174 e. The molecule has 2 heteroatoms. The van der Waals surface area contributed by atoms with E-state index in [2.05, 4.69) is 83.1 Å². The van der Waals surface area contributed by atoms with E-state index in [1.54, 1.807) is 0 Å². The van der Waals surface area contributed by atoms with Crippen molar-refractivity contribution in [3.63, 3.8) is 0 Å². The maximum absolute atomic E-state index is 7.03. The number of rotatable bonds is 0. The highest BCUT2D eigenvalue weighted by Gasteiger charge is 2.70. The fraction of sp³-hybridized carbons (Fsp3) is 0.833. The number of ether oxygens (including phenoxy) is 2. The van der Waals surface area contributed by atoms with E-state index in [0.717, 1.165) is 24.4 Å². The summed E-state index contributed by atoms with van der Waals surface area (Å²) in [4.78, 5) is 0. The summed E-state index contributed by atoms with van der Waals surface area (Å²) in [5.74, 6) is 2.26. The van der Waals surface area contributed by atoms with Crippen molar-refractivity contribution in [1.82, 2.24) is 0 Å². The molecule has 0 aromatic heterocycles. The summed E-state index contributed by atoms with van der Waals surface area (Å²) in [6.07, 6.45) is 1.94. The third kappa shape index (κ3) is 2.36. The lowest BCUT2D eigenvalue weighted by atomic mass is 9.54. The van der Waals surface area contributed by atoms with Crippen molar-refractivity contribution in [3.8, 4) is 0 Å². The highest BCUT2D eigenvalue weighted by atomic mass is 16.6. The van der Waals surface area contributed by atoms with E-state index in [1.807, 2.05) is 0 Å². The summed E-state index contributed by atoms with van der Waals surface area (Å²) in [6, 6.07) is 0. The average Bonchev–Trinajstić information content (AvgIpc) is 2.28. The number of hydrogen-bond donors (Lipinski definition) is 0. The fourth-order valence-corrected chi connectivity index (χ4v) is 4.62. The van der Waals surface area contributed by atoms with Crippen LogP contribution in [0.1, 0.15) is 95.9 Å². The van der Waals surface area contributed by atoms with Gasteiger partial charge in [-0.25, -0.2) is 0 Å². The van der Waals surface area contributed by atoms with Gasteiger partial charge in [0.2, 0.25) is 0 Å². The van der Waals surface area contributed by atoms with Crippen molar-refractivity contribution in [2.45, 2.75) is 107 Å². The SMILES string of the molecule is CC(C)(C)C1=C2OC3(C(C)(C)C)CC(C(C)(C)C)=C3OC2(C(C)(C)C)C1. The van der Waals surface area contributed by atoms with Gasteiger partial charge in [-0.3, -0.25) is 0 Å². The predicted molar refractivity (Wildman–Crippen MR) is 109 cm³/mol. The van der Waals surface area contributed by atoms with Gasteiger partial charge in [0.1, 0.15) is 11.5 Å². The van der Waals surface area contributed by atoms with E-state index >= 15 is 0 Å². The Morgan fingerprint density at radius 3 is 1.00 bits per heavy atom. The van der Waals surface area contributed by atoms with Crippen LogP contribution in [0.5, 0.6) is 0 Å². The average molecular weight is 361 g/mol. The lowest BCUT2D eigenvalue weighted by Gasteiger charge is -2.67. The Hall–Kier alpha value is -0.920. The van der Waals surface area contributed by atoms with Crippen LogP contribution in [0.15, 0.2) is 22.7 Å². The quantitative estimate of drug-likeness (QED) is 0.462. The summed E-state index contributed by atoms with van der Waals surface area (Å²) in [5.41, 5.74) is 2.43. The molecule has 2 aliphatic carbocycles. The van der Waals surface area contributed by atoms with E-state index in [9.17, 15) is 0 Å². The summed E-state index contributed by atoms with van der Waals surface area (Å²) >= 11 is 0. The van der Waals surface area contributed by atoms with E-state index in [4.69, 9.17) is 9.47 Å². The van der Waals surface area contributed by atoms with Crippen LogP contribution >= 0.6 is 0 Å². The van der Waals surface area contributed by atoms with E-state index in [1.165, 1.54) is 11.1 Å². The van der Waals surface area contributed by atoms with Crippen molar-refractivity contribution in [2.75, 3.05) is 0 Å². The van der Waals surface area contributed by atoms with Crippen LogP contribution in [0.2, 0.25) is 0 Å². The molecule has 0 N–H and O–H groups in total. The molecule has 0 aromatic carbocycles. The van der Waals surface area contributed by atoms with Crippen LogP contribution in [0.25, 0.3) is 0 Å². The molecule has 1 fully saturated rings. The normalized spacial score (nSPS) is 32.2. The maximum atomic E-state index is 7.03. The van der Waals surface area contributed by atoms with Crippen LogP contribution < -0.4 is 0 Å². The molecule has 0 aromatic rings. The molecule has 1 saturated heterocycles. The summed E-state index contributed by atoms with van der Waals surface area (Å²) in [5, 5.41) is 0. The predicted octanol–water partition coefficient (Wildman–Crippen LogP) is 7.01. The van der Waals surface area contributed by atoms with Gasteiger partial charge in [-0.1, -0.05) is 83.1 Å². The lowest BCUT2D eigenvalue weighted by molar-refractivity contribution is -0.250. The zero-order chi connectivity index (χ0) is 20.1. The van der Waals surface area contributed by atoms with Gasteiger partial charge in [0.25, 0.3) is 0 Å². The van der Waals surface area contributed by atoms with Crippen molar-refractivity contribution in [2.24, 2.45) is 21.7 Å². The third-order valence-corrected chi connectivity index (χ3v) is 6.92. The molecule has 0 saturated carbocycles. The van der Waals surface area contributed by atoms with E-state index < -0.39 is 0 Å². The molecule has 1 aliphatic heterocycles. The van der Waals surface area contributed by atoms with Gasteiger partial charge in [-0.2, -0.15) is 0 Å². The number of hydrogen-bond acceptors (Lipinski definition) is 2. The molecule has 148 valence electrons. The van der Waals surface area contributed by atoms with Gasteiger partial charge in [0, 0.05) is 23.7 Å². The van der Waals surface area contributed by atoms with Crippen molar-refractivity contribution >= 4 is 0 Å². The smallest absolute Gasteiger partial charge is 0.174 e. The second-order valence-electron chi connectivity index (χ2n) is 12.8. The van der Waals surface area contributed by atoms with Gasteiger partial charge in [-0.15, -0.1) is 0 Å². The first-order valence-corrected chi connectivity index (χ1v) is 10.2. The van der Waals surface area contributed by atoms with Crippen molar-refractivity contribution in [1.29, 1.82) is 0 Å². The second kappa shape index (κ2) is 4.92. The van der Waals surface area contributed by atoms with Crippen molar-refractivity contribution < 1.29 is 9.47 Å². The molecule has 0 spiro atoms. The Morgan fingerprint density at radius 2 is 0.808 bits per heavy atom. The van der Waals surface area contributed by atoms with E-state index in [-0.39, 0.29) is 32.9 Å². The Bertz CT molecular complexity index is 632. The first kappa shape index (κ1) is 19.8. The first-order chi connectivity index (χ1) is 11.4. The van der Waals surface area contributed by atoms with Crippen LogP contribution in [-0.4, -0.2) is 11.2 Å². The number of fused-ring (bicyclic) bond motifs is 2. The molecule has 0 radical (unpaired) electrons. The monoisotopic (exact) mass is 360 g/mol. The highest BCUT2D eigenvalue weighted by Crippen LogP contribution is 2.69. The fourth-order valence-electron chi connectivity index (χ4n) is 4.62. The molecule has 26 heavy (non-hydrogen) atoms. The molecule has 0 amide bonds. The first-order valence-electron chi connectivity index (χ1n) is 10.2. The van der Waals surface area contributed by atoms with Gasteiger partial charge < -0.3 is 9.47 Å². The standard InChI is InChI=1S/C24H40O2/c1-19(2,3)15-13-23(21(7,8)9)17(15)25-24(22(10,11)12)14-16(18(24)26-23)20(4,5)6/h13-14H2,1-12H3. The Labute approximate surface area is 161 Å². The van der Waals surface area contributed by atoms with Crippen molar-refractivity contribution in [3.05, 3.63) is 22.7 Å². The minimum Gasteiger partial charge on any atom is -0.479 e. The van der Waals surface area contributed by atoms with E-state index in [0.29, 0.717) is 0 Å². The molecule has 2 unspecified atom stereocenters. The lowest BCUT2D eigenvalue weighted by Crippen LogP contribution is -2.68. The zero-order valence-electron chi connectivity index (χ0n) is 19.2. The van der Waals surface area contributed by atoms with Crippen LogP contribution in [-0.2, 0) is 9.47 Å². The highest BCUT2D eigenvalue weighted by molar-refractivity contribution is 5.49. The molecular formula is C24H40O2. The molecule has 2 nitrogen and oxygen atoms in total. The zero-order valence-corrected chi connectivity index (χ0v) is 19.2. The Kier molecular flexibility index (Phi) is 3.75. The molecule has 0 bridgehead atoms. The minimum absolute atomic E-state index is 0.00723. The van der Waals surface area contributed by atoms with Crippen LogP contribution in [0.4, 0.5) is 0 Å². The van der Waals surface area contributed by atoms with Crippen LogP contribution in [0.3, 0.4) is 0 Å². The molecule has 1 heterocycles. The van der Waals surface area contributed by atoms with Gasteiger partial charge >= 0.3 is 0 Å². The summed E-state index contributed by atoms with van der Waals surface area (Å²) in [6.45, 7) is 27.5. The second-order valence-corrected chi connectivity index (χ2v) is 12.8. The minimum atomic E-state index is -0.323. The summed E-state index contributed by atoms with van der Waals surface area (Å²) in [7, 11) is 0. The van der Waals surface area contributed by atoms with Crippen LogP contribution in [0, 0.1) is 21.7 Å². The molecule has 3 rings (SSSR count). The molecule has 2 atom stereocenters. The van der Waals surface area contributed by atoms with Gasteiger partial charge in [0.05, 0.1) is 0 Å². The van der Waals surface area contributed by atoms with Gasteiger partial charge in [0.15, 0.2) is 11.2 Å². The molecule has 3 aliphatic rings. The Morgan fingerprint density at radius 1 is 0.538 bits per heavy atom. The topological polar surface area (TPSA) is 18.5 Å².